The Labute approximate surface area is 172 Å². The molecule has 0 aromatic heterocycles. The number of halogens is 4. The van der Waals surface area contributed by atoms with E-state index in [1.165, 1.54) is 0 Å². The molecule has 1 aliphatic rings. The highest BCUT2D eigenvalue weighted by atomic mass is 35.5. The molecule has 0 amide bonds. The molecule has 1 aliphatic carbocycles. The second-order valence-corrected chi connectivity index (χ2v) is 7.91. The van der Waals surface area contributed by atoms with Gasteiger partial charge in [-0.25, -0.2) is 0 Å². The fourth-order valence-electron chi connectivity index (χ4n) is 3.26. The van der Waals surface area contributed by atoms with Gasteiger partial charge in [-0.05, 0) is 41.2 Å². The monoisotopic (exact) mass is 424 g/mol. The maximum Gasteiger partial charge on any atom is 0.426 e. The van der Waals surface area contributed by atoms with Gasteiger partial charge in [-0.2, -0.15) is 13.2 Å². The van der Waals surface area contributed by atoms with Crippen LogP contribution in [0.1, 0.15) is 19.4 Å². The number of carbonyl (C=O) groups excluding carboxylic acids is 1. The van der Waals surface area contributed by atoms with Crippen LogP contribution in [-0.4, -0.2) is 12.1 Å². The SMILES string of the molecule is CC1(C)[C@H](/C=C(\Cl)C(F)(F)F)[C@H]1C(=O)OCc1cccc(Oc2ccccc2)c1. The highest BCUT2D eigenvalue weighted by Gasteiger charge is 2.62. The Kier molecular flexibility index (Phi) is 5.94. The van der Waals surface area contributed by atoms with Crippen molar-refractivity contribution in [3.8, 4) is 11.5 Å². The maximum atomic E-state index is 12.7. The lowest BCUT2D eigenvalue weighted by Crippen LogP contribution is -2.11. The van der Waals surface area contributed by atoms with Gasteiger partial charge < -0.3 is 9.47 Å². The average Bonchev–Trinajstić information content (AvgIpc) is 3.20. The molecule has 0 aliphatic heterocycles. The van der Waals surface area contributed by atoms with E-state index in [4.69, 9.17) is 21.1 Å². The Morgan fingerprint density at radius 3 is 2.41 bits per heavy atom. The molecule has 7 heteroatoms. The fourth-order valence-corrected chi connectivity index (χ4v) is 3.39. The molecule has 3 nitrogen and oxygen atoms in total. The summed E-state index contributed by atoms with van der Waals surface area (Å²) in [6.07, 6.45) is -3.71. The Hall–Kier alpha value is -2.47. The average molecular weight is 425 g/mol. The van der Waals surface area contributed by atoms with E-state index in [2.05, 4.69) is 0 Å². The van der Waals surface area contributed by atoms with Crippen LogP contribution in [0.15, 0.2) is 65.7 Å². The highest BCUT2D eigenvalue weighted by molar-refractivity contribution is 6.30. The van der Waals surface area contributed by atoms with Crippen molar-refractivity contribution >= 4 is 17.6 Å². The van der Waals surface area contributed by atoms with Crippen LogP contribution in [0.4, 0.5) is 13.2 Å². The van der Waals surface area contributed by atoms with E-state index in [9.17, 15) is 18.0 Å². The van der Waals surface area contributed by atoms with E-state index in [0.717, 1.165) is 6.08 Å². The molecule has 2 aromatic carbocycles. The first-order valence-corrected chi connectivity index (χ1v) is 9.40. The summed E-state index contributed by atoms with van der Waals surface area (Å²) < 4.78 is 49.0. The molecule has 3 rings (SSSR count). The van der Waals surface area contributed by atoms with Crippen LogP contribution in [0.2, 0.25) is 0 Å². The molecule has 1 saturated carbocycles. The molecule has 0 unspecified atom stereocenters. The number of esters is 1. The number of benzene rings is 2. The number of allylic oxidation sites excluding steroid dienone is 2. The molecular formula is C22H20ClF3O3. The van der Waals surface area contributed by atoms with Crippen LogP contribution in [-0.2, 0) is 16.1 Å². The Balaban J connectivity index is 1.60. The van der Waals surface area contributed by atoms with Gasteiger partial charge in [-0.15, -0.1) is 0 Å². The van der Waals surface area contributed by atoms with Crippen molar-refractivity contribution in [3.05, 3.63) is 71.3 Å². The van der Waals surface area contributed by atoms with Crippen molar-refractivity contribution in [2.45, 2.75) is 26.6 Å². The van der Waals surface area contributed by atoms with E-state index in [1.807, 2.05) is 30.3 Å². The first kappa shape index (κ1) is 21.2. The van der Waals surface area contributed by atoms with Gasteiger partial charge in [0.15, 0.2) is 0 Å². The molecule has 2 atom stereocenters. The summed E-state index contributed by atoms with van der Waals surface area (Å²) in [4.78, 5) is 12.4. The zero-order chi connectivity index (χ0) is 21.2. The summed E-state index contributed by atoms with van der Waals surface area (Å²) in [5.74, 6) is -0.552. The van der Waals surface area contributed by atoms with Crippen LogP contribution in [0.5, 0.6) is 11.5 Å². The van der Waals surface area contributed by atoms with Crippen molar-refractivity contribution in [2.24, 2.45) is 17.3 Å². The first-order valence-electron chi connectivity index (χ1n) is 9.02. The predicted molar refractivity (Wildman–Crippen MR) is 104 cm³/mol. The number of hydrogen-bond acceptors (Lipinski definition) is 3. The van der Waals surface area contributed by atoms with Gasteiger partial charge in [-0.3, -0.25) is 4.79 Å². The lowest BCUT2D eigenvalue weighted by molar-refractivity contribution is -0.147. The summed E-state index contributed by atoms with van der Waals surface area (Å²) in [7, 11) is 0. The second kappa shape index (κ2) is 8.11. The van der Waals surface area contributed by atoms with Gasteiger partial charge in [0, 0.05) is 0 Å². The molecule has 154 valence electrons. The van der Waals surface area contributed by atoms with Crippen LogP contribution in [0.3, 0.4) is 0 Å². The highest BCUT2D eigenvalue weighted by Crippen LogP contribution is 2.60. The zero-order valence-electron chi connectivity index (χ0n) is 15.9. The molecule has 0 bridgehead atoms. The summed E-state index contributed by atoms with van der Waals surface area (Å²) in [5, 5.41) is -1.21. The van der Waals surface area contributed by atoms with Crippen LogP contribution < -0.4 is 4.74 Å². The van der Waals surface area contributed by atoms with E-state index < -0.39 is 34.4 Å². The van der Waals surface area contributed by atoms with Gasteiger partial charge in [-0.1, -0.05) is 61.9 Å². The standard InChI is InChI=1S/C22H20ClF3O3/c1-21(2)17(12-18(23)22(24,25)26)19(21)20(27)28-13-14-7-6-10-16(11-14)29-15-8-4-3-5-9-15/h3-12,17,19H,13H2,1-2H3/b18-12-/t17-,19+/m1/s1. The van der Waals surface area contributed by atoms with Crippen molar-refractivity contribution in [2.75, 3.05) is 0 Å². The molecule has 2 aromatic rings. The molecule has 0 N–H and O–H groups in total. The molecular weight excluding hydrogens is 405 g/mol. The quantitative estimate of drug-likeness (QED) is 0.498. The van der Waals surface area contributed by atoms with E-state index in [-0.39, 0.29) is 6.61 Å². The van der Waals surface area contributed by atoms with Crippen molar-refractivity contribution in [1.82, 2.24) is 0 Å². The van der Waals surface area contributed by atoms with Crippen molar-refractivity contribution < 1.29 is 27.4 Å². The molecule has 0 spiro atoms. The predicted octanol–water partition coefficient (Wildman–Crippen LogP) is 6.48. The molecule has 0 heterocycles. The van der Waals surface area contributed by atoms with Gasteiger partial charge in [0.1, 0.15) is 23.1 Å². The smallest absolute Gasteiger partial charge is 0.426 e. The third-order valence-corrected chi connectivity index (χ3v) is 5.36. The first-order chi connectivity index (χ1) is 13.6. The normalized spacial score (nSPS) is 20.8. The van der Waals surface area contributed by atoms with E-state index in [1.54, 1.807) is 38.1 Å². The van der Waals surface area contributed by atoms with Crippen LogP contribution in [0.25, 0.3) is 0 Å². The largest absolute Gasteiger partial charge is 0.461 e. The topological polar surface area (TPSA) is 35.5 Å². The number of rotatable bonds is 6. The van der Waals surface area contributed by atoms with Crippen LogP contribution in [0, 0.1) is 17.3 Å². The Morgan fingerprint density at radius 1 is 1.10 bits per heavy atom. The Bertz CT molecular complexity index is 907. The molecule has 0 saturated heterocycles. The summed E-state index contributed by atoms with van der Waals surface area (Å²) in [6.45, 7) is 3.44. The lowest BCUT2D eigenvalue weighted by atomic mass is 10.1. The van der Waals surface area contributed by atoms with Gasteiger partial charge in [0.2, 0.25) is 0 Å². The Morgan fingerprint density at radius 2 is 1.76 bits per heavy atom. The van der Waals surface area contributed by atoms with Gasteiger partial charge >= 0.3 is 12.1 Å². The van der Waals surface area contributed by atoms with Crippen molar-refractivity contribution in [3.63, 3.8) is 0 Å². The maximum absolute atomic E-state index is 12.7. The molecule has 0 radical (unpaired) electrons. The second-order valence-electron chi connectivity index (χ2n) is 7.51. The number of hydrogen-bond donors (Lipinski definition) is 0. The molecule has 1 fully saturated rings. The van der Waals surface area contributed by atoms with Gasteiger partial charge in [0.25, 0.3) is 0 Å². The lowest BCUT2D eigenvalue weighted by Gasteiger charge is -2.09. The molecule has 29 heavy (non-hydrogen) atoms. The van der Waals surface area contributed by atoms with E-state index in [0.29, 0.717) is 17.1 Å². The number of ether oxygens (including phenoxy) is 2. The third-order valence-electron chi connectivity index (χ3n) is 5.02. The summed E-state index contributed by atoms with van der Waals surface area (Å²) >= 11 is 5.32. The van der Waals surface area contributed by atoms with E-state index >= 15 is 0 Å². The number of carbonyl (C=O) groups is 1. The van der Waals surface area contributed by atoms with Gasteiger partial charge in [0.05, 0.1) is 5.92 Å². The zero-order valence-corrected chi connectivity index (χ0v) is 16.6. The minimum atomic E-state index is -4.62. The van der Waals surface area contributed by atoms with Crippen LogP contribution >= 0.6 is 11.6 Å². The summed E-state index contributed by atoms with van der Waals surface area (Å²) in [5.41, 5.74) is 0.0754. The van der Waals surface area contributed by atoms with Crippen molar-refractivity contribution in [1.29, 1.82) is 0 Å². The summed E-state index contributed by atoms with van der Waals surface area (Å²) in [6, 6.07) is 16.3. The number of alkyl halides is 3. The fraction of sp³-hybridized carbons (Fsp3) is 0.318. The third kappa shape index (κ3) is 5.12. The minimum absolute atomic E-state index is 0.000834. The number of para-hydroxylation sites is 1. The minimum Gasteiger partial charge on any atom is -0.461 e.